The van der Waals surface area contributed by atoms with E-state index in [1.165, 1.54) is 0 Å². The molecule has 2 heterocycles. The minimum absolute atomic E-state index is 0.0432. The first-order valence-electron chi connectivity index (χ1n) is 7.26. The fraction of sp³-hybridized carbons (Fsp3) is 0.250. The van der Waals surface area contributed by atoms with Crippen LogP contribution in [-0.4, -0.2) is 32.7 Å². The maximum atomic E-state index is 11.9. The van der Waals surface area contributed by atoms with E-state index in [9.17, 15) is 10.0 Å². The zero-order chi connectivity index (χ0) is 16.9. The number of hydrogen-bond acceptors (Lipinski definition) is 7. The average molecular weight is 326 g/mol. The molecule has 1 N–H and O–H groups in total. The zero-order valence-electron chi connectivity index (χ0n) is 12.6. The molecular formula is C16H14N4O4. The molecule has 0 saturated carbocycles. The molecule has 24 heavy (non-hydrogen) atoms. The molecule has 1 atom stereocenters. The van der Waals surface area contributed by atoms with Crippen LogP contribution in [0.15, 0.2) is 41.8 Å². The van der Waals surface area contributed by atoms with Crippen molar-refractivity contribution in [3.05, 3.63) is 53.6 Å². The Kier molecular flexibility index (Phi) is 4.43. The number of benzene rings is 1. The van der Waals surface area contributed by atoms with Gasteiger partial charge in [0.25, 0.3) is 0 Å². The lowest BCUT2D eigenvalue weighted by Crippen LogP contribution is -2.16. The van der Waals surface area contributed by atoms with Gasteiger partial charge in [0.2, 0.25) is 0 Å². The Balaban J connectivity index is 1.49. The molecule has 0 saturated heterocycles. The first kappa shape index (κ1) is 15.6. The van der Waals surface area contributed by atoms with E-state index >= 15 is 0 Å². The quantitative estimate of drug-likeness (QED) is 0.660. The summed E-state index contributed by atoms with van der Waals surface area (Å²) in [6, 6.07) is 11.4. The number of aromatic nitrogens is 2. The minimum atomic E-state index is -0.485. The molecule has 1 unspecified atom stereocenters. The predicted molar refractivity (Wildman–Crippen MR) is 81.0 cm³/mol. The van der Waals surface area contributed by atoms with Crippen molar-refractivity contribution in [2.75, 3.05) is 0 Å². The van der Waals surface area contributed by atoms with Crippen LogP contribution in [0.5, 0.6) is 0 Å². The highest BCUT2D eigenvalue weighted by molar-refractivity contribution is 6.01. The molecular weight excluding hydrogens is 312 g/mol. The first-order valence-corrected chi connectivity index (χ1v) is 7.26. The topological polar surface area (TPSA) is 110 Å². The molecule has 1 aromatic carbocycles. The van der Waals surface area contributed by atoms with Crippen molar-refractivity contribution in [1.29, 1.82) is 5.26 Å². The van der Waals surface area contributed by atoms with Crippen molar-refractivity contribution < 1.29 is 19.6 Å². The molecule has 8 nitrogen and oxygen atoms in total. The lowest BCUT2D eigenvalue weighted by Gasteiger charge is -2.07. The van der Waals surface area contributed by atoms with Crippen molar-refractivity contribution in [2.45, 2.75) is 25.6 Å². The normalized spacial score (nSPS) is 16.1. The Labute approximate surface area is 137 Å². The number of esters is 1. The summed E-state index contributed by atoms with van der Waals surface area (Å²) in [6.07, 6.45) is 1.26. The van der Waals surface area contributed by atoms with Crippen LogP contribution in [-0.2, 0) is 21.0 Å². The van der Waals surface area contributed by atoms with Gasteiger partial charge in [-0.3, -0.25) is 4.79 Å². The fourth-order valence-corrected chi connectivity index (χ4v) is 2.33. The Morgan fingerprint density at radius 3 is 3.00 bits per heavy atom. The average Bonchev–Trinajstić information content (AvgIpc) is 3.20. The van der Waals surface area contributed by atoms with Gasteiger partial charge in [-0.2, -0.15) is 9.99 Å². The standard InChI is InChI=1S/C16H14N4O4/c17-8-15-14(18-10-20(15)22)9-23-16(21)7-12-6-13(19-24-12)11-4-2-1-3-5-11/h1-5,10,12,22H,6-7,9H2. The minimum Gasteiger partial charge on any atom is -0.459 e. The third-order valence-corrected chi connectivity index (χ3v) is 3.54. The first-order chi connectivity index (χ1) is 11.7. The second-order valence-corrected chi connectivity index (χ2v) is 5.20. The van der Waals surface area contributed by atoms with Crippen LogP contribution >= 0.6 is 0 Å². The largest absolute Gasteiger partial charge is 0.459 e. The van der Waals surface area contributed by atoms with E-state index in [1.54, 1.807) is 6.07 Å². The van der Waals surface area contributed by atoms with Crippen molar-refractivity contribution in [3.63, 3.8) is 0 Å². The molecule has 0 aliphatic carbocycles. The number of rotatable bonds is 5. The SMILES string of the molecule is N#Cc1c(COC(=O)CC2CC(c3ccccc3)=NO2)ncn1O. The number of oxime groups is 1. The summed E-state index contributed by atoms with van der Waals surface area (Å²) in [7, 11) is 0. The van der Waals surface area contributed by atoms with E-state index in [-0.39, 0.29) is 30.5 Å². The van der Waals surface area contributed by atoms with Crippen molar-refractivity contribution in [1.82, 2.24) is 9.71 Å². The van der Waals surface area contributed by atoms with Crippen LogP contribution in [0.2, 0.25) is 0 Å². The van der Waals surface area contributed by atoms with E-state index in [1.807, 2.05) is 30.3 Å². The van der Waals surface area contributed by atoms with Gasteiger partial charge in [-0.05, 0) is 5.56 Å². The fourth-order valence-electron chi connectivity index (χ4n) is 2.33. The summed E-state index contributed by atoms with van der Waals surface area (Å²) in [5.41, 5.74) is 1.89. The lowest BCUT2D eigenvalue weighted by atomic mass is 10.0. The number of hydrogen-bond donors (Lipinski definition) is 1. The van der Waals surface area contributed by atoms with Crippen LogP contribution in [0, 0.1) is 11.3 Å². The van der Waals surface area contributed by atoms with Crippen LogP contribution in [0.4, 0.5) is 0 Å². The highest BCUT2D eigenvalue weighted by atomic mass is 16.6. The molecule has 2 aromatic rings. The Hall–Kier alpha value is -3.34. The van der Waals surface area contributed by atoms with E-state index in [0.29, 0.717) is 11.2 Å². The maximum absolute atomic E-state index is 11.9. The van der Waals surface area contributed by atoms with Gasteiger partial charge in [0, 0.05) is 6.42 Å². The molecule has 0 spiro atoms. The number of nitriles is 1. The van der Waals surface area contributed by atoms with Gasteiger partial charge in [0.05, 0.1) is 12.1 Å². The van der Waals surface area contributed by atoms with Gasteiger partial charge in [-0.15, -0.1) is 0 Å². The van der Waals surface area contributed by atoms with Gasteiger partial charge >= 0.3 is 5.97 Å². The molecule has 122 valence electrons. The van der Waals surface area contributed by atoms with Gasteiger partial charge in [-0.1, -0.05) is 35.5 Å². The molecule has 0 amide bonds. The number of nitrogens with zero attached hydrogens (tertiary/aromatic N) is 4. The highest BCUT2D eigenvalue weighted by Crippen LogP contribution is 2.19. The molecule has 0 radical (unpaired) electrons. The van der Waals surface area contributed by atoms with E-state index < -0.39 is 5.97 Å². The summed E-state index contributed by atoms with van der Waals surface area (Å²) in [4.78, 5) is 21.0. The summed E-state index contributed by atoms with van der Waals surface area (Å²) in [5.74, 6) is -0.485. The number of carbonyl (C=O) groups is 1. The molecule has 3 rings (SSSR count). The van der Waals surface area contributed by atoms with Crippen LogP contribution in [0.25, 0.3) is 0 Å². The Bertz CT molecular complexity index is 807. The number of imidazole rings is 1. The van der Waals surface area contributed by atoms with Crippen LogP contribution in [0.1, 0.15) is 29.8 Å². The number of carbonyl (C=O) groups excluding carboxylic acids is 1. The van der Waals surface area contributed by atoms with Gasteiger partial charge < -0.3 is 14.8 Å². The number of ether oxygens (including phenoxy) is 1. The van der Waals surface area contributed by atoms with Gasteiger partial charge in [0.1, 0.15) is 30.8 Å². The smallest absolute Gasteiger partial charge is 0.310 e. The molecule has 1 aliphatic heterocycles. The second kappa shape index (κ2) is 6.83. The van der Waals surface area contributed by atoms with Gasteiger partial charge in [-0.25, -0.2) is 4.98 Å². The monoisotopic (exact) mass is 326 g/mol. The van der Waals surface area contributed by atoms with E-state index in [4.69, 9.17) is 14.8 Å². The molecule has 1 aromatic heterocycles. The molecule has 0 bridgehead atoms. The van der Waals surface area contributed by atoms with Gasteiger partial charge in [0.15, 0.2) is 5.69 Å². The third kappa shape index (κ3) is 3.35. The Morgan fingerprint density at radius 2 is 2.25 bits per heavy atom. The molecule has 0 fully saturated rings. The van der Waals surface area contributed by atoms with Crippen LogP contribution in [0.3, 0.4) is 0 Å². The van der Waals surface area contributed by atoms with Crippen molar-refractivity contribution >= 4 is 11.7 Å². The van der Waals surface area contributed by atoms with Crippen LogP contribution < -0.4 is 0 Å². The maximum Gasteiger partial charge on any atom is 0.310 e. The van der Waals surface area contributed by atoms with Crippen molar-refractivity contribution in [2.24, 2.45) is 5.16 Å². The molecule has 8 heteroatoms. The third-order valence-electron chi connectivity index (χ3n) is 3.54. The second-order valence-electron chi connectivity index (χ2n) is 5.20. The molecule has 1 aliphatic rings. The highest BCUT2D eigenvalue weighted by Gasteiger charge is 2.25. The van der Waals surface area contributed by atoms with E-state index in [2.05, 4.69) is 10.1 Å². The predicted octanol–water partition coefficient (Wildman–Crippen LogP) is 1.62. The lowest BCUT2D eigenvalue weighted by molar-refractivity contribution is -0.147. The summed E-state index contributed by atoms with van der Waals surface area (Å²) >= 11 is 0. The summed E-state index contributed by atoms with van der Waals surface area (Å²) < 4.78 is 5.67. The Morgan fingerprint density at radius 1 is 1.46 bits per heavy atom. The van der Waals surface area contributed by atoms with Crippen molar-refractivity contribution in [3.8, 4) is 6.07 Å². The zero-order valence-corrected chi connectivity index (χ0v) is 12.6. The summed E-state index contributed by atoms with van der Waals surface area (Å²) in [5, 5.41) is 22.2. The summed E-state index contributed by atoms with van der Waals surface area (Å²) in [6.45, 7) is -0.186. The van der Waals surface area contributed by atoms with E-state index in [0.717, 1.165) is 17.6 Å².